The van der Waals surface area contributed by atoms with Crippen molar-refractivity contribution in [2.24, 2.45) is 5.92 Å². The van der Waals surface area contributed by atoms with E-state index in [0.29, 0.717) is 12.6 Å². The molecule has 0 aromatic rings. The maximum Gasteiger partial charge on any atom is 0.307 e. The predicted octanol–water partition coefficient (Wildman–Crippen LogP) is 0.570. The molecule has 0 radical (unpaired) electrons. The molecule has 0 amide bonds. The van der Waals surface area contributed by atoms with Gasteiger partial charge in [-0.15, -0.1) is 0 Å². The molecule has 4 nitrogen and oxygen atoms in total. The molecule has 4 heteroatoms. The van der Waals surface area contributed by atoms with Crippen molar-refractivity contribution in [3.63, 3.8) is 0 Å². The number of carbonyl (C=O) groups is 1. The lowest BCUT2D eigenvalue weighted by Crippen LogP contribution is -2.38. The Labute approximate surface area is 83.8 Å². The normalized spacial score (nSPS) is 39.1. The van der Waals surface area contributed by atoms with Crippen molar-refractivity contribution >= 4 is 5.97 Å². The van der Waals surface area contributed by atoms with Gasteiger partial charge >= 0.3 is 5.97 Å². The van der Waals surface area contributed by atoms with Crippen molar-refractivity contribution in [3.8, 4) is 0 Å². The zero-order valence-electron chi connectivity index (χ0n) is 8.48. The second-order valence-corrected chi connectivity index (χ2v) is 4.25. The number of nitrogens with zero attached hydrogens (tertiary/aromatic N) is 1. The molecule has 3 atom stereocenters. The first-order valence-electron chi connectivity index (χ1n) is 5.27. The first-order chi connectivity index (χ1) is 6.68. The summed E-state index contributed by atoms with van der Waals surface area (Å²) < 4.78 is 5.48. The minimum atomic E-state index is -0.654. The molecule has 0 aliphatic carbocycles. The van der Waals surface area contributed by atoms with E-state index in [1.807, 2.05) is 0 Å². The highest BCUT2D eigenvalue weighted by atomic mass is 16.5. The summed E-state index contributed by atoms with van der Waals surface area (Å²) >= 11 is 0. The van der Waals surface area contributed by atoms with Crippen molar-refractivity contribution in [2.75, 3.05) is 19.7 Å². The molecular weight excluding hydrogens is 182 g/mol. The van der Waals surface area contributed by atoms with Crippen LogP contribution in [0.4, 0.5) is 0 Å². The highest BCUT2D eigenvalue weighted by Crippen LogP contribution is 2.26. The molecule has 80 valence electrons. The van der Waals surface area contributed by atoms with Gasteiger partial charge in [0.25, 0.3) is 0 Å². The summed E-state index contributed by atoms with van der Waals surface area (Å²) in [5.74, 6) is -0.818. The van der Waals surface area contributed by atoms with Crippen molar-refractivity contribution in [1.82, 2.24) is 4.90 Å². The van der Waals surface area contributed by atoms with Crippen LogP contribution in [-0.4, -0.2) is 47.8 Å². The van der Waals surface area contributed by atoms with Gasteiger partial charge in [-0.3, -0.25) is 9.69 Å². The average molecular weight is 199 g/mol. The lowest BCUT2D eigenvalue weighted by atomic mass is 10.1. The van der Waals surface area contributed by atoms with Gasteiger partial charge in [-0.05, 0) is 26.3 Å². The highest BCUT2D eigenvalue weighted by molar-refractivity contribution is 5.70. The lowest BCUT2D eigenvalue weighted by molar-refractivity contribution is -0.141. The number of carboxylic acids is 1. The molecule has 0 saturated carbocycles. The van der Waals surface area contributed by atoms with Crippen molar-refractivity contribution in [1.29, 1.82) is 0 Å². The number of hydrogen-bond acceptors (Lipinski definition) is 3. The summed E-state index contributed by atoms with van der Waals surface area (Å²) in [7, 11) is 0. The van der Waals surface area contributed by atoms with E-state index in [0.717, 1.165) is 26.0 Å². The zero-order valence-corrected chi connectivity index (χ0v) is 8.48. The molecule has 2 fully saturated rings. The Morgan fingerprint density at radius 1 is 1.50 bits per heavy atom. The maximum atomic E-state index is 10.8. The molecule has 0 bridgehead atoms. The largest absolute Gasteiger partial charge is 0.481 e. The fourth-order valence-electron chi connectivity index (χ4n) is 2.49. The van der Waals surface area contributed by atoms with E-state index in [9.17, 15) is 4.79 Å². The summed E-state index contributed by atoms with van der Waals surface area (Å²) in [6.07, 6.45) is 2.11. The third kappa shape index (κ3) is 1.77. The van der Waals surface area contributed by atoms with Gasteiger partial charge in [0, 0.05) is 19.2 Å². The molecule has 0 spiro atoms. The Balaban J connectivity index is 1.91. The molecule has 2 aliphatic heterocycles. The minimum Gasteiger partial charge on any atom is -0.481 e. The Kier molecular flexibility index (Phi) is 2.74. The standard InChI is InChI=1S/C10H17NO3/c1-7-9(3-5-14-7)11-4-2-8(6-11)10(12)13/h7-9H,2-6H2,1H3,(H,12,13). The van der Waals surface area contributed by atoms with E-state index in [-0.39, 0.29) is 12.0 Å². The molecule has 2 aliphatic rings. The van der Waals surface area contributed by atoms with Crippen LogP contribution in [0.3, 0.4) is 0 Å². The monoisotopic (exact) mass is 199 g/mol. The minimum absolute atomic E-state index is 0.164. The molecule has 2 rings (SSSR count). The van der Waals surface area contributed by atoms with Gasteiger partial charge in [-0.2, -0.15) is 0 Å². The van der Waals surface area contributed by atoms with Crippen LogP contribution in [0, 0.1) is 5.92 Å². The molecular formula is C10H17NO3. The molecule has 0 aromatic carbocycles. The number of carboxylic acid groups (broad SMARTS) is 1. The van der Waals surface area contributed by atoms with E-state index >= 15 is 0 Å². The van der Waals surface area contributed by atoms with Crippen LogP contribution >= 0.6 is 0 Å². The van der Waals surface area contributed by atoms with Crippen molar-refractivity contribution < 1.29 is 14.6 Å². The first kappa shape index (κ1) is 9.93. The van der Waals surface area contributed by atoms with Gasteiger partial charge < -0.3 is 9.84 Å². The highest BCUT2D eigenvalue weighted by Gasteiger charge is 2.36. The lowest BCUT2D eigenvalue weighted by Gasteiger charge is -2.25. The number of aliphatic carboxylic acids is 1. The van der Waals surface area contributed by atoms with Gasteiger partial charge in [0.1, 0.15) is 0 Å². The average Bonchev–Trinajstić information content (AvgIpc) is 2.71. The van der Waals surface area contributed by atoms with Crippen molar-refractivity contribution in [2.45, 2.75) is 31.9 Å². The fraction of sp³-hybridized carbons (Fsp3) is 0.900. The van der Waals surface area contributed by atoms with Gasteiger partial charge in [0.15, 0.2) is 0 Å². The SMILES string of the molecule is CC1OCCC1N1CCC(C(=O)O)C1. The van der Waals surface area contributed by atoms with Gasteiger partial charge in [0.2, 0.25) is 0 Å². The molecule has 1 N–H and O–H groups in total. The second kappa shape index (κ2) is 3.87. The van der Waals surface area contributed by atoms with Crippen LogP contribution in [0.25, 0.3) is 0 Å². The Bertz CT molecular complexity index is 231. The summed E-state index contributed by atoms with van der Waals surface area (Å²) in [4.78, 5) is 13.1. The quantitative estimate of drug-likeness (QED) is 0.706. The smallest absolute Gasteiger partial charge is 0.307 e. The molecule has 3 unspecified atom stereocenters. The Morgan fingerprint density at radius 3 is 2.79 bits per heavy atom. The Hall–Kier alpha value is -0.610. The molecule has 14 heavy (non-hydrogen) atoms. The first-order valence-corrected chi connectivity index (χ1v) is 5.27. The van der Waals surface area contributed by atoms with Crippen LogP contribution < -0.4 is 0 Å². The third-order valence-electron chi connectivity index (χ3n) is 3.37. The Morgan fingerprint density at radius 2 is 2.29 bits per heavy atom. The van der Waals surface area contributed by atoms with E-state index in [2.05, 4.69) is 11.8 Å². The van der Waals surface area contributed by atoms with E-state index < -0.39 is 5.97 Å². The van der Waals surface area contributed by atoms with E-state index in [1.54, 1.807) is 0 Å². The van der Waals surface area contributed by atoms with Crippen LogP contribution in [-0.2, 0) is 9.53 Å². The van der Waals surface area contributed by atoms with Gasteiger partial charge in [0.05, 0.1) is 12.0 Å². The van der Waals surface area contributed by atoms with Gasteiger partial charge in [-0.25, -0.2) is 0 Å². The fourth-order valence-corrected chi connectivity index (χ4v) is 2.49. The number of ether oxygens (including phenoxy) is 1. The van der Waals surface area contributed by atoms with Crippen molar-refractivity contribution in [3.05, 3.63) is 0 Å². The van der Waals surface area contributed by atoms with Crippen LogP contribution in [0.15, 0.2) is 0 Å². The molecule has 2 heterocycles. The maximum absolute atomic E-state index is 10.8. The predicted molar refractivity (Wildman–Crippen MR) is 51.1 cm³/mol. The van der Waals surface area contributed by atoms with E-state index in [1.165, 1.54) is 0 Å². The summed E-state index contributed by atoms with van der Waals surface area (Å²) in [5, 5.41) is 8.88. The molecule has 2 saturated heterocycles. The van der Waals surface area contributed by atoms with Crippen LogP contribution in [0.1, 0.15) is 19.8 Å². The summed E-state index contributed by atoms with van der Waals surface area (Å²) in [6.45, 7) is 4.51. The number of likely N-dealkylation sites (tertiary alicyclic amines) is 1. The number of hydrogen-bond donors (Lipinski definition) is 1. The van der Waals surface area contributed by atoms with Gasteiger partial charge in [-0.1, -0.05) is 0 Å². The topological polar surface area (TPSA) is 49.8 Å². The summed E-state index contributed by atoms with van der Waals surface area (Å²) in [6, 6.07) is 0.444. The van der Waals surface area contributed by atoms with Crippen LogP contribution in [0.2, 0.25) is 0 Å². The second-order valence-electron chi connectivity index (χ2n) is 4.25. The zero-order chi connectivity index (χ0) is 10.1. The van der Waals surface area contributed by atoms with E-state index in [4.69, 9.17) is 9.84 Å². The number of rotatable bonds is 2. The molecule has 0 aromatic heterocycles. The summed E-state index contributed by atoms with van der Waals surface area (Å²) in [5.41, 5.74) is 0. The van der Waals surface area contributed by atoms with Crippen LogP contribution in [0.5, 0.6) is 0 Å². The third-order valence-corrected chi connectivity index (χ3v) is 3.37.